The van der Waals surface area contributed by atoms with Crippen LogP contribution in [0.15, 0.2) is 53.9 Å². The Balaban J connectivity index is 1.70. The van der Waals surface area contributed by atoms with Crippen molar-refractivity contribution in [3.05, 3.63) is 48.8 Å². The molecule has 0 aliphatic heterocycles. The van der Waals surface area contributed by atoms with E-state index in [1.54, 1.807) is 37.7 Å². The molecule has 0 spiro atoms. The summed E-state index contributed by atoms with van der Waals surface area (Å²) in [5.74, 6) is 0.821. The fraction of sp³-hybridized carbons (Fsp3) is 0.263. The highest BCUT2D eigenvalue weighted by molar-refractivity contribution is 7.99. The van der Waals surface area contributed by atoms with Gasteiger partial charge in [-0.05, 0) is 30.7 Å². The number of hydrogen-bond donors (Lipinski definition) is 2. The normalized spacial score (nSPS) is 10.8. The van der Waals surface area contributed by atoms with E-state index in [9.17, 15) is 9.90 Å². The van der Waals surface area contributed by atoms with E-state index < -0.39 is 0 Å². The van der Waals surface area contributed by atoms with E-state index in [4.69, 9.17) is 4.74 Å². The lowest BCUT2D eigenvalue weighted by Crippen LogP contribution is -2.14. The summed E-state index contributed by atoms with van der Waals surface area (Å²) in [6.07, 6.45) is 4.22. The molecule has 9 heteroatoms. The van der Waals surface area contributed by atoms with Gasteiger partial charge in [-0.1, -0.05) is 17.8 Å². The van der Waals surface area contributed by atoms with Crippen LogP contribution in [0.2, 0.25) is 0 Å². The van der Waals surface area contributed by atoms with Gasteiger partial charge in [-0.2, -0.15) is 0 Å². The van der Waals surface area contributed by atoms with Gasteiger partial charge in [-0.15, -0.1) is 10.2 Å². The number of thioether (sulfide) groups is 1. The van der Waals surface area contributed by atoms with Crippen LogP contribution < -0.4 is 5.32 Å². The highest BCUT2D eigenvalue weighted by Gasteiger charge is 2.15. The molecule has 0 radical (unpaired) electrons. The molecule has 0 atom stereocenters. The molecule has 0 fully saturated rings. The lowest BCUT2D eigenvalue weighted by Gasteiger charge is -2.10. The number of aromatic hydroxyl groups is 1. The van der Waals surface area contributed by atoms with E-state index in [1.165, 1.54) is 17.8 Å². The second-order valence-corrected chi connectivity index (χ2v) is 6.87. The Morgan fingerprint density at radius 2 is 2.07 bits per heavy atom. The Kier molecular flexibility index (Phi) is 6.99. The summed E-state index contributed by atoms with van der Waals surface area (Å²) in [5, 5.41) is 21.5. The molecule has 0 aliphatic carbocycles. The Labute approximate surface area is 167 Å². The van der Waals surface area contributed by atoms with E-state index in [-0.39, 0.29) is 17.4 Å². The van der Waals surface area contributed by atoms with E-state index in [1.807, 2.05) is 16.7 Å². The van der Waals surface area contributed by atoms with Crippen LogP contribution in [-0.4, -0.2) is 50.2 Å². The maximum Gasteiger partial charge on any atom is 0.234 e. The number of phenolic OH excluding ortho intramolecular Hbond substituents is 1. The Morgan fingerprint density at radius 3 is 2.82 bits per heavy atom. The fourth-order valence-electron chi connectivity index (χ4n) is 2.59. The van der Waals surface area contributed by atoms with Crippen molar-refractivity contribution < 1.29 is 14.6 Å². The quantitative estimate of drug-likeness (QED) is 0.421. The maximum absolute atomic E-state index is 12.2. The SMILES string of the molecule is COCCCn1c(SCC(=O)Nc2cccc(O)c2)nnc1-c1ccncc1. The predicted octanol–water partition coefficient (Wildman–Crippen LogP) is 2.81. The first kappa shape index (κ1) is 19.8. The molecule has 2 heterocycles. The average molecular weight is 399 g/mol. The van der Waals surface area contributed by atoms with Crippen LogP contribution in [0.25, 0.3) is 11.4 Å². The third-order valence-corrected chi connectivity index (χ3v) is 4.81. The van der Waals surface area contributed by atoms with Gasteiger partial charge in [0.05, 0.1) is 5.75 Å². The lowest BCUT2D eigenvalue weighted by atomic mass is 10.2. The number of carbonyl (C=O) groups excluding carboxylic acids is 1. The Morgan fingerprint density at radius 1 is 1.25 bits per heavy atom. The number of aromatic nitrogens is 4. The molecule has 0 saturated heterocycles. The van der Waals surface area contributed by atoms with Gasteiger partial charge in [0, 0.05) is 50.0 Å². The first-order valence-corrected chi connectivity index (χ1v) is 9.70. The molecule has 8 nitrogen and oxygen atoms in total. The van der Waals surface area contributed by atoms with Crippen LogP contribution >= 0.6 is 11.8 Å². The van der Waals surface area contributed by atoms with E-state index >= 15 is 0 Å². The third-order valence-electron chi connectivity index (χ3n) is 3.85. The minimum atomic E-state index is -0.187. The van der Waals surface area contributed by atoms with Gasteiger partial charge in [0.15, 0.2) is 11.0 Å². The van der Waals surface area contributed by atoms with E-state index in [2.05, 4.69) is 20.5 Å². The number of benzene rings is 1. The van der Waals surface area contributed by atoms with Crippen molar-refractivity contribution in [2.75, 3.05) is 24.8 Å². The molecule has 3 rings (SSSR count). The summed E-state index contributed by atoms with van der Waals surface area (Å²) in [4.78, 5) is 16.3. The molecular weight excluding hydrogens is 378 g/mol. The van der Waals surface area contributed by atoms with Gasteiger partial charge in [0.25, 0.3) is 0 Å². The second kappa shape index (κ2) is 9.86. The zero-order chi connectivity index (χ0) is 19.8. The molecule has 2 aromatic heterocycles. The number of nitrogens with zero attached hydrogens (tertiary/aromatic N) is 4. The summed E-state index contributed by atoms with van der Waals surface area (Å²) < 4.78 is 7.13. The number of hydrogen-bond acceptors (Lipinski definition) is 7. The maximum atomic E-state index is 12.2. The van der Waals surface area contributed by atoms with Gasteiger partial charge in [0.1, 0.15) is 5.75 Å². The summed E-state index contributed by atoms with van der Waals surface area (Å²) in [7, 11) is 1.66. The Bertz CT molecular complexity index is 917. The van der Waals surface area contributed by atoms with E-state index in [0.717, 1.165) is 17.8 Å². The van der Waals surface area contributed by atoms with Crippen LogP contribution in [0, 0.1) is 0 Å². The predicted molar refractivity (Wildman–Crippen MR) is 107 cm³/mol. The Hall–Kier alpha value is -2.91. The summed E-state index contributed by atoms with van der Waals surface area (Å²) in [6, 6.07) is 10.2. The van der Waals surface area contributed by atoms with Crippen molar-refractivity contribution in [2.24, 2.45) is 0 Å². The van der Waals surface area contributed by atoms with Crippen molar-refractivity contribution in [1.82, 2.24) is 19.7 Å². The smallest absolute Gasteiger partial charge is 0.234 e. The highest BCUT2D eigenvalue weighted by atomic mass is 32.2. The zero-order valence-electron chi connectivity index (χ0n) is 15.4. The molecule has 3 aromatic rings. The minimum Gasteiger partial charge on any atom is -0.508 e. The largest absolute Gasteiger partial charge is 0.508 e. The number of carbonyl (C=O) groups is 1. The number of pyridine rings is 1. The molecule has 1 aromatic carbocycles. The molecular formula is C19H21N5O3S. The molecule has 146 valence electrons. The fourth-order valence-corrected chi connectivity index (χ4v) is 3.35. The topological polar surface area (TPSA) is 102 Å². The number of rotatable bonds is 9. The molecule has 0 saturated carbocycles. The number of nitrogens with one attached hydrogen (secondary N) is 1. The van der Waals surface area contributed by atoms with E-state index in [0.29, 0.717) is 24.0 Å². The van der Waals surface area contributed by atoms with Crippen molar-refractivity contribution in [2.45, 2.75) is 18.1 Å². The minimum absolute atomic E-state index is 0.102. The van der Waals surface area contributed by atoms with Crippen molar-refractivity contribution in [3.8, 4) is 17.1 Å². The van der Waals surface area contributed by atoms with Crippen LogP contribution in [0.3, 0.4) is 0 Å². The summed E-state index contributed by atoms with van der Waals surface area (Å²) in [6.45, 7) is 1.30. The van der Waals surface area contributed by atoms with Crippen molar-refractivity contribution >= 4 is 23.4 Å². The number of anilines is 1. The van der Waals surface area contributed by atoms with Crippen LogP contribution in [0.5, 0.6) is 5.75 Å². The van der Waals surface area contributed by atoms with Gasteiger partial charge >= 0.3 is 0 Å². The molecule has 0 unspecified atom stereocenters. The number of amides is 1. The van der Waals surface area contributed by atoms with Crippen molar-refractivity contribution in [1.29, 1.82) is 0 Å². The monoisotopic (exact) mass is 399 g/mol. The first-order chi connectivity index (χ1) is 13.7. The highest BCUT2D eigenvalue weighted by Crippen LogP contribution is 2.24. The van der Waals surface area contributed by atoms with Crippen LogP contribution in [0.1, 0.15) is 6.42 Å². The lowest BCUT2D eigenvalue weighted by molar-refractivity contribution is -0.113. The van der Waals surface area contributed by atoms with Gasteiger partial charge in [-0.25, -0.2) is 0 Å². The molecule has 28 heavy (non-hydrogen) atoms. The van der Waals surface area contributed by atoms with Crippen molar-refractivity contribution in [3.63, 3.8) is 0 Å². The third kappa shape index (κ3) is 5.30. The number of methoxy groups -OCH3 is 1. The standard InChI is InChI=1S/C19H21N5O3S/c1-27-11-3-10-24-18(14-6-8-20-9-7-14)22-23-19(24)28-13-17(26)21-15-4-2-5-16(25)12-15/h2,4-9,12,25H,3,10-11,13H2,1H3,(H,21,26). The molecule has 2 N–H and O–H groups in total. The summed E-state index contributed by atoms with van der Waals surface area (Å²) in [5.41, 5.74) is 1.46. The summed E-state index contributed by atoms with van der Waals surface area (Å²) >= 11 is 1.31. The molecule has 0 bridgehead atoms. The zero-order valence-corrected chi connectivity index (χ0v) is 16.2. The number of ether oxygens (including phenoxy) is 1. The van der Waals surface area contributed by atoms with Crippen LogP contribution in [0.4, 0.5) is 5.69 Å². The molecule has 1 amide bonds. The van der Waals surface area contributed by atoms with Gasteiger partial charge in [-0.3, -0.25) is 9.78 Å². The second-order valence-electron chi connectivity index (χ2n) is 5.93. The number of phenols is 1. The average Bonchev–Trinajstić information content (AvgIpc) is 3.10. The molecule has 0 aliphatic rings. The van der Waals surface area contributed by atoms with Crippen LogP contribution in [-0.2, 0) is 16.1 Å². The first-order valence-electron chi connectivity index (χ1n) is 8.71. The van der Waals surface area contributed by atoms with Gasteiger partial charge < -0.3 is 19.7 Å². The van der Waals surface area contributed by atoms with Gasteiger partial charge in [0.2, 0.25) is 5.91 Å².